The van der Waals surface area contributed by atoms with E-state index < -0.39 is 0 Å². The lowest BCUT2D eigenvalue weighted by Gasteiger charge is -2.27. The average Bonchev–Trinajstić information content (AvgIpc) is 2.54. The molecule has 1 aromatic carbocycles. The summed E-state index contributed by atoms with van der Waals surface area (Å²) in [6.07, 6.45) is 3.40. The highest BCUT2D eigenvalue weighted by Gasteiger charge is 2.17. The lowest BCUT2D eigenvalue weighted by Crippen LogP contribution is -2.39. The van der Waals surface area contributed by atoms with Gasteiger partial charge in [0.25, 0.3) is 0 Å². The molecule has 1 heterocycles. The van der Waals surface area contributed by atoms with Gasteiger partial charge in [0.2, 0.25) is 5.91 Å². The minimum Gasteiger partial charge on any atom is -0.489 e. The third-order valence-electron chi connectivity index (χ3n) is 3.61. The molecule has 0 atom stereocenters. The number of amides is 1. The molecule has 0 radical (unpaired) electrons. The number of likely N-dealkylation sites (tertiary alicyclic amines) is 1. The third-order valence-corrected chi connectivity index (χ3v) is 3.61. The van der Waals surface area contributed by atoms with Gasteiger partial charge in [-0.3, -0.25) is 4.79 Å². The van der Waals surface area contributed by atoms with Gasteiger partial charge in [-0.2, -0.15) is 5.26 Å². The van der Waals surface area contributed by atoms with Gasteiger partial charge in [0.1, 0.15) is 5.75 Å². The first kappa shape index (κ1) is 16.2. The first-order valence-electron chi connectivity index (χ1n) is 7.82. The van der Waals surface area contributed by atoms with Crippen molar-refractivity contribution in [1.82, 2.24) is 4.90 Å². The molecule has 0 bridgehead atoms. The molecule has 0 spiro atoms. The summed E-state index contributed by atoms with van der Waals surface area (Å²) in [5.74, 6) is 0.762. The van der Waals surface area contributed by atoms with Crippen molar-refractivity contribution in [2.75, 3.05) is 25.0 Å². The number of hydrogen-bond donors (Lipinski definition) is 1. The first-order chi connectivity index (χ1) is 10.6. The van der Waals surface area contributed by atoms with Crippen LogP contribution in [0.25, 0.3) is 0 Å². The second-order valence-corrected chi connectivity index (χ2v) is 5.78. The summed E-state index contributed by atoms with van der Waals surface area (Å²) in [4.78, 5) is 14.1. The monoisotopic (exact) mass is 301 g/mol. The van der Waals surface area contributed by atoms with Gasteiger partial charge < -0.3 is 15.0 Å². The van der Waals surface area contributed by atoms with Crippen molar-refractivity contribution in [2.24, 2.45) is 0 Å². The smallest absolute Gasteiger partial charge is 0.241 e. The summed E-state index contributed by atoms with van der Waals surface area (Å²) < 4.78 is 5.73. The van der Waals surface area contributed by atoms with Crippen molar-refractivity contribution < 1.29 is 9.53 Å². The highest BCUT2D eigenvalue weighted by Crippen LogP contribution is 2.26. The number of ether oxygens (including phenoxy) is 1. The van der Waals surface area contributed by atoms with E-state index in [1.807, 2.05) is 18.7 Å². The Morgan fingerprint density at radius 1 is 1.36 bits per heavy atom. The summed E-state index contributed by atoms with van der Waals surface area (Å²) in [5.41, 5.74) is 1.24. The zero-order valence-electron chi connectivity index (χ0n) is 13.3. The normalized spacial score (nSPS) is 14.5. The summed E-state index contributed by atoms with van der Waals surface area (Å²) in [7, 11) is 0. The van der Waals surface area contributed by atoms with Crippen LogP contribution in [0.4, 0.5) is 5.69 Å². The maximum Gasteiger partial charge on any atom is 0.241 e. The lowest BCUT2D eigenvalue weighted by molar-refractivity contribution is -0.130. The molecular weight excluding hydrogens is 278 g/mol. The maximum atomic E-state index is 12.2. The molecular formula is C17H23N3O2. The largest absolute Gasteiger partial charge is 0.489 e. The van der Waals surface area contributed by atoms with Crippen LogP contribution in [0.5, 0.6) is 5.75 Å². The molecule has 118 valence electrons. The molecule has 5 heteroatoms. The van der Waals surface area contributed by atoms with E-state index in [-0.39, 0.29) is 18.6 Å². The Balaban J connectivity index is 2.03. The summed E-state index contributed by atoms with van der Waals surface area (Å²) in [6.45, 7) is 5.80. The summed E-state index contributed by atoms with van der Waals surface area (Å²) >= 11 is 0. The molecule has 0 unspecified atom stereocenters. The number of nitrogens with zero attached hydrogens (tertiary/aromatic N) is 2. The molecule has 0 saturated carbocycles. The van der Waals surface area contributed by atoms with E-state index >= 15 is 0 Å². The van der Waals surface area contributed by atoms with E-state index in [2.05, 4.69) is 11.4 Å². The molecule has 5 nitrogen and oxygen atoms in total. The van der Waals surface area contributed by atoms with Crippen LogP contribution in [0.15, 0.2) is 18.2 Å². The first-order valence-corrected chi connectivity index (χ1v) is 7.82. The number of carbonyl (C=O) groups is 1. The fourth-order valence-electron chi connectivity index (χ4n) is 2.52. The fourth-order valence-corrected chi connectivity index (χ4v) is 2.52. The number of anilines is 1. The molecule has 0 aromatic heterocycles. The van der Waals surface area contributed by atoms with Crippen molar-refractivity contribution >= 4 is 11.6 Å². The van der Waals surface area contributed by atoms with Crippen LogP contribution in [-0.4, -0.2) is 36.5 Å². The topological polar surface area (TPSA) is 65.4 Å². The van der Waals surface area contributed by atoms with Crippen molar-refractivity contribution in [2.45, 2.75) is 39.2 Å². The van der Waals surface area contributed by atoms with Crippen LogP contribution in [0.2, 0.25) is 0 Å². The predicted molar refractivity (Wildman–Crippen MR) is 85.8 cm³/mol. The van der Waals surface area contributed by atoms with Crippen LogP contribution in [0.3, 0.4) is 0 Å². The Morgan fingerprint density at radius 3 is 2.73 bits per heavy atom. The lowest BCUT2D eigenvalue weighted by atomic mass is 10.1. The molecule has 22 heavy (non-hydrogen) atoms. The minimum atomic E-state index is 0.0336. The average molecular weight is 301 g/mol. The Bertz CT molecular complexity index is 558. The summed E-state index contributed by atoms with van der Waals surface area (Å²) in [5, 5.41) is 12.1. The van der Waals surface area contributed by atoms with Gasteiger partial charge in [0, 0.05) is 13.1 Å². The highest BCUT2D eigenvalue weighted by molar-refractivity contribution is 5.81. The van der Waals surface area contributed by atoms with Crippen LogP contribution in [-0.2, 0) is 4.79 Å². The van der Waals surface area contributed by atoms with Gasteiger partial charge in [0.15, 0.2) is 0 Å². The van der Waals surface area contributed by atoms with Gasteiger partial charge in [-0.1, -0.05) is 0 Å². The quantitative estimate of drug-likeness (QED) is 0.908. The Hall–Kier alpha value is -2.22. The van der Waals surface area contributed by atoms with E-state index in [9.17, 15) is 4.79 Å². The second-order valence-electron chi connectivity index (χ2n) is 5.78. The van der Waals surface area contributed by atoms with Crippen LogP contribution < -0.4 is 10.1 Å². The Kier molecular flexibility index (Phi) is 5.65. The maximum absolute atomic E-state index is 12.2. The van der Waals surface area contributed by atoms with Crippen LogP contribution >= 0.6 is 0 Å². The molecule has 1 fully saturated rings. The Labute approximate surface area is 131 Å². The molecule has 1 N–H and O–H groups in total. The second kappa shape index (κ2) is 7.69. The van der Waals surface area contributed by atoms with Gasteiger partial charge in [-0.05, 0) is 51.3 Å². The molecule has 1 saturated heterocycles. The number of hydrogen-bond acceptors (Lipinski definition) is 4. The van der Waals surface area contributed by atoms with Gasteiger partial charge in [0.05, 0.1) is 30.0 Å². The number of rotatable bonds is 5. The zero-order chi connectivity index (χ0) is 15.9. The zero-order valence-corrected chi connectivity index (χ0v) is 13.3. The number of nitrogens with one attached hydrogen (secondary N) is 1. The summed E-state index contributed by atoms with van der Waals surface area (Å²) in [6, 6.07) is 7.32. The van der Waals surface area contributed by atoms with Crippen LogP contribution in [0, 0.1) is 11.3 Å². The Morgan fingerprint density at radius 2 is 2.09 bits per heavy atom. The van der Waals surface area contributed by atoms with Crippen molar-refractivity contribution in [3.05, 3.63) is 23.8 Å². The SMILES string of the molecule is CC(C)Oc1ccc(C#N)cc1NCC(=O)N1CCCCC1. The van der Waals surface area contributed by atoms with Gasteiger partial charge in [-0.15, -0.1) is 0 Å². The molecule has 1 amide bonds. The standard InChI is InChI=1S/C17H23N3O2/c1-13(2)22-16-7-6-14(11-18)10-15(16)19-12-17(21)20-8-4-3-5-9-20/h6-7,10,13,19H,3-5,8-9,12H2,1-2H3. The minimum absolute atomic E-state index is 0.0336. The molecule has 1 aliphatic heterocycles. The van der Waals surface area contributed by atoms with Gasteiger partial charge in [-0.25, -0.2) is 0 Å². The van der Waals surface area contributed by atoms with Crippen molar-refractivity contribution in [1.29, 1.82) is 5.26 Å². The number of carbonyl (C=O) groups excluding carboxylic acids is 1. The van der Waals surface area contributed by atoms with Crippen LogP contribution in [0.1, 0.15) is 38.7 Å². The fraction of sp³-hybridized carbons (Fsp3) is 0.529. The predicted octanol–water partition coefficient (Wildman–Crippen LogP) is 2.77. The number of nitriles is 1. The van der Waals surface area contributed by atoms with E-state index in [0.29, 0.717) is 17.0 Å². The van der Waals surface area contributed by atoms with E-state index in [0.717, 1.165) is 25.9 Å². The van der Waals surface area contributed by atoms with E-state index in [1.165, 1.54) is 6.42 Å². The molecule has 1 aliphatic rings. The molecule has 0 aliphatic carbocycles. The molecule has 1 aromatic rings. The highest BCUT2D eigenvalue weighted by atomic mass is 16.5. The van der Waals surface area contributed by atoms with E-state index in [4.69, 9.17) is 10.00 Å². The third kappa shape index (κ3) is 4.39. The number of piperidine rings is 1. The van der Waals surface area contributed by atoms with E-state index in [1.54, 1.807) is 18.2 Å². The van der Waals surface area contributed by atoms with Gasteiger partial charge >= 0.3 is 0 Å². The van der Waals surface area contributed by atoms with Crippen molar-refractivity contribution in [3.8, 4) is 11.8 Å². The molecule has 2 rings (SSSR count). The van der Waals surface area contributed by atoms with Crippen molar-refractivity contribution in [3.63, 3.8) is 0 Å². The number of benzene rings is 1.